The topological polar surface area (TPSA) is 9.23 Å². The third kappa shape index (κ3) is 2.47. The van der Waals surface area contributed by atoms with Crippen LogP contribution in [0.2, 0.25) is 0 Å². The Labute approximate surface area is 130 Å². The molecule has 0 N–H and O–H groups in total. The Balaban J connectivity index is 2.15. The average molecular weight is 295 g/mol. The van der Waals surface area contributed by atoms with E-state index in [0.717, 1.165) is 23.3 Å². The molecule has 1 nitrogen and oxygen atoms in total. The molecular formula is C19H23OSi. The molecular weight excluding hydrogens is 272 g/mol. The van der Waals surface area contributed by atoms with Gasteiger partial charge >= 0.3 is 0 Å². The van der Waals surface area contributed by atoms with Crippen molar-refractivity contribution in [3.63, 3.8) is 0 Å². The quantitative estimate of drug-likeness (QED) is 0.791. The predicted octanol–water partition coefficient (Wildman–Crippen LogP) is 3.05. The minimum Gasteiger partial charge on any atom is -0.378 e. The van der Waals surface area contributed by atoms with Crippen LogP contribution >= 0.6 is 0 Å². The van der Waals surface area contributed by atoms with E-state index in [4.69, 9.17) is 4.74 Å². The summed E-state index contributed by atoms with van der Waals surface area (Å²) in [6, 6.07) is 22.4. The summed E-state index contributed by atoms with van der Waals surface area (Å²) in [6.07, 6.45) is 3.62. The van der Waals surface area contributed by atoms with Crippen molar-refractivity contribution < 1.29 is 4.74 Å². The van der Waals surface area contributed by atoms with E-state index in [2.05, 4.69) is 55.5 Å². The highest BCUT2D eigenvalue weighted by atomic mass is 28.1. The highest BCUT2D eigenvalue weighted by Gasteiger charge is 2.48. The van der Waals surface area contributed by atoms with Crippen molar-refractivity contribution >= 4 is 10.2 Å². The normalized spacial score (nSPS) is 23.1. The lowest BCUT2D eigenvalue weighted by atomic mass is 9.69. The van der Waals surface area contributed by atoms with Crippen LogP contribution in [0.25, 0.3) is 0 Å². The van der Waals surface area contributed by atoms with Gasteiger partial charge in [-0.3, -0.25) is 0 Å². The van der Waals surface area contributed by atoms with Gasteiger partial charge in [0.25, 0.3) is 0 Å². The first-order valence-electron chi connectivity index (χ1n) is 7.83. The minimum absolute atomic E-state index is 0.0338. The molecule has 1 aliphatic heterocycles. The maximum atomic E-state index is 6.39. The van der Waals surface area contributed by atoms with Crippen LogP contribution in [-0.4, -0.2) is 22.1 Å². The Morgan fingerprint density at radius 1 is 1.05 bits per heavy atom. The van der Waals surface area contributed by atoms with Gasteiger partial charge in [-0.25, -0.2) is 0 Å². The van der Waals surface area contributed by atoms with Crippen LogP contribution < -0.4 is 0 Å². The van der Waals surface area contributed by atoms with Crippen LogP contribution in [0, 0.1) is 6.07 Å². The molecule has 109 valence electrons. The Kier molecular flexibility index (Phi) is 4.00. The van der Waals surface area contributed by atoms with Gasteiger partial charge in [0.1, 0.15) is 0 Å². The van der Waals surface area contributed by atoms with Crippen LogP contribution in [0.1, 0.15) is 37.3 Å². The zero-order valence-corrected chi connectivity index (χ0v) is 14.9. The maximum absolute atomic E-state index is 6.39. The lowest BCUT2D eigenvalue weighted by Gasteiger charge is -2.49. The summed E-state index contributed by atoms with van der Waals surface area (Å²) in [7, 11) is 1.02. The molecule has 2 atom stereocenters. The molecule has 0 amide bonds. The highest BCUT2D eigenvalue weighted by molar-refractivity contribution is 6.16. The van der Waals surface area contributed by atoms with E-state index in [1.54, 1.807) is 0 Å². The highest BCUT2D eigenvalue weighted by Crippen LogP contribution is 2.45. The Hall–Kier alpha value is -1.38. The first kappa shape index (κ1) is 14.5. The van der Waals surface area contributed by atoms with Gasteiger partial charge in [-0.05, 0) is 43.4 Å². The summed E-state index contributed by atoms with van der Waals surface area (Å²) in [5.41, 5.74) is 2.60. The van der Waals surface area contributed by atoms with Gasteiger partial charge in [-0.2, -0.15) is 0 Å². The second-order valence-corrected chi connectivity index (χ2v) is 7.93. The minimum atomic E-state index is -0.0873. The second-order valence-electron chi connectivity index (χ2n) is 6.32. The average Bonchev–Trinajstić information content (AvgIpc) is 2.56. The monoisotopic (exact) mass is 295 g/mol. The van der Waals surface area contributed by atoms with Gasteiger partial charge in [0.2, 0.25) is 0 Å². The van der Waals surface area contributed by atoms with E-state index in [9.17, 15) is 0 Å². The number of hydrogen-bond donors (Lipinski definition) is 0. The van der Waals surface area contributed by atoms with Gasteiger partial charge in [-0.15, -0.1) is 0 Å². The number of hydrogen-bond acceptors (Lipinski definition) is 1. The van der Waals surface area contributed by atoms with E-state index in [1.165, 1.54) is 24.0 Å². The molecule has 2 aromatic rings. The van der Waals surface area contributed by atoms with Crippen molar-refractivity contribution in [2.24, 2.45) is 0 Å². The molecule has 0 saturated carbocycles. The molecule has 1 fully saturated rings. The van der Waals surface area contributed by atoms with Crippen LogP contribution in [0.3, 0.4) is 0 Å². The number of rotatable bonds is 3. The molecule has 2 aromatic carbocycles. The van der Waals surface area contributed by atoms with Crippen molar-refractivity contribution in [2.75, 3.05) is 6.61 Å². The van der Waals surface area contributed by atoms with E-state index in [-0.39, 0.29) is 10.6 Å². The number of benzene rings is 2. The van der Waals surface area contributed by atoms with E-state index >= 15 is 0 Å². The molecule has 1 aliphatic rings. The molecule has 0 aromatic heterocycles. The van der Waals surface area contributed by atoms with Crippen LogP contribution in [0.15, 0.2) is 54.6 Å². The van der Waals surface area contributed by atoms with Gasteiger partial charge < -0.3 is 4.74 Å². The molecule has 0 spiro atoms. The largest absolute Gasteiger partial charge is 0.378 e. The zero-order chi connectivity index (χ0) is 14.8. The predicted molar refractivity (Wildman–Crippen MR) is 90.6 cm³/mol. The summed E-state index contributed by atoms with van der Waals surface area (Å²) in [5.74, 6) is 0. The number of ether oxygens (including phenoxy) is 1. The SMILES string of the molecule is CC(c1cc[c]cc1)(c1ccccc1)C1([SiH3])CCCCO1. The van der Waals surface area contributed by atoms with E-state index in [0.29, 0.717) is 0 Å². The molecule has 3 rings (SSSR count). The van der Waals surface area contributed by atoms with E-state index < -0.39 is 0 Å². The second kappa shape index (κ2) is 5.78. The van der Waals surface area contributed by atoms with Gasteiger partial charge in [0.15, 0.2) is 0 Å². The molecule has 0 aliphatic carbocycles. The van der Waals surface area contributed by atoms with Crippen molar-refractivity contribution in [1.29, 1.82) is 0 Å². The summed E-state index contributed by atoms with van der Waals surface area (Å²) in [5, 5.41) is -0.0338. The van der Waals surface area contributed by atoms with Crippen LogP contribution in [0.4, 0.5) is 0 Å². The van der Waals surface area contributed by atoms with Crippen molar-refractivity contribution in [3.05, 3.63) is 71.8 Å². The molecule has 21 heavy (non-hydrogen) atoms. The molecule has 1 radical (unpaired) electrons. The van der Waals surface area contributed by atoms with Gasteiger partial charge in [-0.1, -0.05) is 54.6 Å². The van der Waals surface area contributed by atoms with Crippen LogP contribution in [0.5, 0.6) is 0 Å². The molecule has 1 heterocycles. The molecule has 1 saturated heterocycles. The first-order valence-corrected chi connectivity index (χ1v) is 8.83. The summed E-state index contributed by atoms with van der Waals surface area (Å²) in [4.78, 5) is 0. The maximum Gasteiger partial charge on any atom is 0.0616 e. The standard InChI is InChI=1S/C19H23OSi/c1-18(16-10-4-2-5-11-16,17-12-6-3-7-13-17)19(21)14-8-9-15-20-19/h2,4-7,10-13H,8-9,14-15H2,1,21H3. The fourth-order valence-electron chi connectivity index (χ4n) is 3.60. The smallest absolute Gasteiger partial charge is 0.0616 e. The molecule has 0 bridgehead atoms. The third-order valence-electron chi connectivity index (χ3n) is 5.17. The Morgan fingerprint density at radius 2 is 1.71 bits per heavy atom. The van der Waals surface area contributed by atoms with Gasteiger partial charge in [0.05, 0.1) is 5.22 Å². The fourth-order valence-corrected chi connectivity index (χ4v) is 4.73. The first-order chi connectivity index (χ1) is 10.2. The Morgan fingerprint density at radius 3 is 2.33 bits per heavy atom. The van der Waals surface area contributed by atoms with Crippen LogP contribution in [-0.2, 0) is 10.2 Å². The summed E-state index contributed by atoms with van der Waals surface area (Å²) >= 11 is 0. The molecule has 2 unspecified atom stereocenters. The Bertz CT molecular complexity index is 534. The summed E-state index contributed by atoms with van der Waals surface area (Å²) < 4.78 is 6.39. The van der Waals surface area contributed by atoms with Gasteiger partial charge in [0, 0.05) is 22.3 Å². The van der Waals surface area contributed by atoms with E-state index in [1.807, 2.05) is 12.1 Å². The van der Waals surface area contributed by atoms with Crippen molar-refractivity contribution in [3.8, 4) is 0 Å². The lowest BCUT2D eigenvalue weighted by molar-refractivity contribution is -0.0543. The lowest BCUT2D eigenvalue weighted by Crippen LogP contribution is -2.54. The van der Waals surface area contributed by atoms with Crippen molar-refractivity contribution in [2.45, 2.75) is 36.8 Å². The summed E-state index contributed by atoms with van der Waals surface area (Å²) in [6.45, 7) is 3.25. The fraction of sp³-hybridized carbons (Fsp3) is 0.368. The zero-order valence-electron chi connectivity index (χ0n) is 12.9. The molecule has 2 heteroatoms. The van der Waals surface area contributed by atoms with Crippen molar-refractivity contribution in [1.82, 2.24) is 0 Å². The third-order valence-corrected chi connectivity index (χ3v) is 6.96.